The summed E-state index contributed by atoms with van der Waals surface area (Å²) in [5, 5.41) is 0. The van der Waals surface area contributed by atoms with Gasteiger partial charge < -0.3 is 9.64 Å². The van der Waals surface area contributed by atoms with Crippen molar-refractivity contribution in [1.29, 1.82) is 0 Å². The van der Waals surface area contributed by atoms with Gasteiger partial charge in [0.15, 0.2) is 0 Å². The van der Waals surface area contributed by atoms with Crippen LogP contribution >= 0.6 is 10.7 Å². The molecule has 7 heteroatoms. The minimum atomic E-state index is -3.43. The van der Waals surface area contributed by atoms with Crippen LogP contribution in [0.4, 0.5) is 4.79 Å². The van der Waals surface area contributed by atoms with Gasteiger partial charge in [0.05, 0.1) is 5.75 Å². The maximum absolute atomic E-state index is 12.0. The number of hydrogen-bond donors (Lipinski definition) is 0. The monoisotopic (exact) mass is 323 g/mol. The molecule has 3 atom stereocenters. The van der Waals surface area contributed by atoms with E-state index in [-0.39, 0.29) is 17.8 Å². The molecular weight excluding hydrogens is 302 g/mol. The zero-order valence-corrected chi connectivity index (χ0v) is 13.7. The Labute approximate surface area is 125 Å². The van der Waals surface area contributed by atoms with E-state index in [9.17, 15) is 13.2 Å². The molecule has 1 aliphatic heterocycles. The molecule has 5 nitrogen and oxygen atoms in total. The van der Waals surface area contributed by atoms with Gasteiger partial charge in [0.25, 0.3) is 0 Å². The Kier molecular flexibility index (Phi) is 4.27. The maximum Gasteiger partial charge on any atom is 0.410 e. The van der Waals surface area contributed by atoms with Crippen LogP contribution in [-0.2, 0) is 13.8 Å². The number of hydrogen-bond acceptors (Lipinski definition) is 4. The number of halogens is 1. The number of carbonyl (C=O) groups excluding carboxylic acids is 1. The SMILES string of the molecule is CC(C)(C)OC(=O)N1C[C@H]2CC(CS(=O)(=O)Cl)C[C@H]2C1. The van der Waals surface area contributed by atoms with Gasteiger partial charge in [-0.05, 0) is 51.4 Å². The third-order valence-corrected chi connectivity index (χ3v) is 5.18. The summed E-state index contributed by atoms with van der Waals surface area (Å²) >= 11 is 0. The molecule has 1 unspecified atom stereocenters. The molecule has 1 heterocycles. The minimum absolute atomic E-state index is 0.0496. The molecule has 0 N–H and O–H groups in total. The second kappa shape index (κ2) is 5.37. The number of fused-ring (bicyclic) bond motifs is 1. The topological polar surface area (TPSA) is 63.7 Å². The predicted octanol–water partition coefficient (Wildman–Crippen LogP) is 2.45. The van der Waals surface area contributed by atoms with Gasteiger partial charge in [-0.25, -0.2) is 13.2 Å². The van der Waals surface area contributed by atoms with E-state index in [0.29, 0.717) is 24.9 Å². The number of likely N-dealkylation sites (tertiary alicyclic amines) is 1. The molecule has 0 spiro atoms. The van der Waals surface area contributed by atoms with Crippen molar-refractivity contribution in [3.63, 3.8) is 0 Å². The Balaban J connectivity index is 1.87. The summed E-state index contributed by atoms with van der Waals surface area (Å²) in [6.07, 6.45) is 1.39. The van der Waals surface area contributed by atoms with Crippen LogP contribution in [-0.4, -0.2) is 43.9 Å². The van der Waals surface area contributed by atoms with Gasteiger partial charge in [-0.15, -0.1) is 0 Å². The second-order valence-electron chi connectivity index (χ2n) is 6.95. The summed E-state index contributed by atoms with van der Waals surface area (Å²) < 4.78 is 27.6. The van der Waals surface area contributed by atoms with Crippen LogP contribution < -0.4 is 0 Å². The van der Waals surface area contributed by atoms with Gasteiger partial charge in [-0.2, -0.15) is 0 Å². The Bertz CT molecular complexity index is 471. The fourth-order valence-corrected chi connectivity index (χ4v) is 4.69. The molecule has 0 bridgehead atoms. The molecule has 0 radical (unpaired) electrons. The summed E-state index contributed by atoms with van der Waals surface area (Å²) in [7, 11) is 1.88. The number of nitrogens with zero attached hydrogens (tertiary/aromatic N) is 1. The first-order valence-electron chi connectivity index (χ1n) is 6.94. The molecule has 1 saturated carbocycles. The fraction of sp³-hybridized carbons (Fsp3) is 0.923. The standard InChI is InChI=1S/C13H22ClNO4S/c1-13(2,3)19-12(16)15-6-10-4-9(5-11(10)7-15)8-20(14,17)18/h9-11H,4-8H2,1-3H3/t9?,10-,11+. The first-order chi connectivity index (χ1) is 9.03. The molecule has 1 amide bonds. The van der Waals surface area contributed by atoms with E-state index >= 15 is 0 Å². The lowest BCUT2D eigenvalue weighted by molar-refractivity contribution is 0.0278. The largest absolute Gasteiger partial charge is 0.444 e. The van der Waals surface area contributed by atoms with Gasteiger partial charge in [0.2, 0.25) is 9.05 Å². The second-order valence-corrected chi connectivity index (χ2v) is 9.77. The van der Waals surface area contributed by atoms with E-state index in [2.05, 4.69) is 0 Å². The van der Waals surface area contributed by atoms with Crippen LogP contribution in [0.2, 0.25) is 0 Å². The summed E-state index contributed by atoms with van der Waals surface area (Å²) in [6, 6.07) is 0. The molecule has 1 aliphatic carbocycles. The lowest BCUT2D eigenvalue weighted by Crippen LogP contribution is -2.36. The average molecular weight is 324 g/mol. The Hall–Kier alpha value is -0.490. The van der Waals surface area contributed by atoms with E-state index in [1.165, 1.54) is 0 Å². The van der Waals surface area contributed by atoms with Crippen molar-refractivity contribution in [2.24, 2.45) is 17.8 Å². The van der Waals surface area contributed by atoms with Crippen molar-refractivity contribution >= 4 is 25.8 Å². The average Bonchev–Trinajstić information content (AvgIpc) is 2.68. The zero-order valence-electron chi connectivity index (χ0n) is 12.1. The summed E-state index contributed by atoms with van der Waals surface area (Å²) in [4.78, 5) is 13.7. The normalized spacial score (nSPS) is 30.4. The van der Waals surface area contributed by atoms with Crippen molar-refractivity contribution in [3.8, 4) is 0 Å². The van der Waals surface area contributed by atoms with Gasteiger partial charge >= 0.3 is 6.09 Å². The fourth-order valence-electron chi connectivity index (χ4n) is 3.32. The highest BCUT2D eigenvalue weighted by molar-refractivity contribution is 8.13. The van der Waals surface area contributed by atoms with Crippen LogP contribution in [0, 0.1) is 17.8 Å². The predicted molar refractivity (Wildman–Crippen MR) is 77.2 cm³/mol. The highest BCUT2D eigenvalue weighted by atomic mass is 35.7. The molecule has 2 aliphatic rings. The van der Waals surface area contributed by atoms with E-state index in [4.69, 9.17) is 15.4 Å². The van der Waals surface area contributed by atoms with Gasteiger partial charge in [0, 0.05) is 23.8 Å². The van der Waals surface area contributed by atoms with E-state index < -0.39 is 14.7 Å². The molecule has 0 aromatic heterocycles. The lowest BCUT2D eigenvalue weighted by Gasteiger charge is -2.25. The van der Waals surface area contributed by atoms with Crippen LogP contribution in [0.15, 0.2) is 0 Å². The van der Waals surface area contributed by atoms with Crippen LogP contribution in [0.25, 0.3) is 0 Å². The van der Waals surface area contributed by atoms with Crippen LogP contribution in [0.3, 0.4) is 0 Å². The molecule has 2 fully saturated rings. The van der Waals surface area contributed by atoms with Crippen molar-refractivity contribution in [3.05, 3.63) is 0 Å². The highest BCUT2D eigenvalue weighted by Gasteiger charge is 2.44. The molecule has 0 aromatic carbocycles. The highest BCUT2D eigenvalue weighted by Crippen LogP contribution is 2.42. The first-order valence-corrected chi connectivity index (χ1v) is 9.41. The molecule has 20 heavy (non-hydrogen) atoms. The molecule has 1 saturated heterocycles. The number of amides is 1. The minimum Gasteiger partial charge on any atom is -0.444 e. The third-order valence-electron chi connectivity index (χ3n) is 3.94. The van der Waals surface area contributed by atoms with Crippen LogP contribution in [0.5, 0.6) is 0 Å². The quantitative estimate of drug-likeness (QED) is 0.732. The van der Waals surface area contributed by atoms with Crippen molar-refractivity contribution in [2.45, 2.75) is 39.2 Å². The molecule has 2 rings (SSSR count). The molecular formula is C13H22ClNO4S. The Morgan fingerprint density at radius 2 is 1.75 bits per heavy atom. The third kappa shape index (κ3) is 4.25. The van der Waals surface area contributed by atoms with Gasteiger partial charge in [0.1, 0.15) is 5.60 Å². The van der Waals surface area contributed by atoms with Crippen molar-refractivity contribution < 1.29 is 17.9 Å². The maximum atomic E-state index is 12.0. The Morgan fingerprint density at radius 1 is 1.25 bits per heavy atom. The van der Waals surface area contributed by atoms with Crippen molar-refractivity contribution in [1.82, 2.24) is 4.90 Å². The van der Waals surface area contributed by atoms with Gasteiger partial charge in [-0.1, -0.05) is 0 Å². The summed E-state index contributed by atoms with van der Waals surface area (Å²) in [6.45, 7) is 6.88. The van der Waals surface area contributed by atoms with E-state index in [1.54, 1.807) is 4.90 Å². The number of rotatable bonds is 2. The van der Waals surface area contributed by atoms with Gasteiger partial charge in [-0.3, -0.25) is 0 Å². The smallest absolute Gasteiger partial charge is 0.410 e. The van der Waals surface area contributed by atoms with E-state index in [1.807, 2.05) is 20.8 Å². The molecule has 116 valence electrons. The summed E-state index contributed by atoms with van der Waals surface area (Å²) in [5.74, 6) is 0.943. The zero-order chi connectivity index (χ0) is 15.1. The number of ether oxygens (including phenoxy) is 1. The first kappa shape index (κ1) is 15.9. The lowest BCUT2D eigenvalue weighted by atomic mass is 10.0. The van der Waals surface area contributed by atoms with E-state index in [0.717, 1.165) is 12.8 Å². The Morgan fingerprint density at radius 3 is 2.15 bits per heavy atom. The van der Waals surface area contributed by atoms with Crippen molar-refractivity contribution in [2.75, 3.05) is 18.8 Å². The summed E-state index contributed by atoms with van der Waals surface area (Å²) in [5.41, 5.74) is -0.482. The van der Waals surface area contributed by atoms with Crippen LogP contribution in [0.1, 0.15) is 33.6 Å². The number of carbonyl (C=O) groups is 1. The molecule has 0 aromatic rings.